The number of fused-ring (bicyclic) bond motifs is 1. The Hall–Kier alpha value is -3.87. The molecular weight excluding hydrogens is 476 g/mol. The van der Waals surface area contributed by atoms with E-state index in [1.807, 2.05) is 36.4 Å². The number of carbonyl (C=O) groups is 1. The van der Waals surface area contributed by atoms with Crippen LogP contribution in [0.2, 0.25) is 0 Å². The van der Waals surface area contributed by atoms with Gasteiger partial charge in [0, 0.05) is 47.6 Å². The first-order valence-electron chi connectivity index (χ1n) is 11.1. The summed E-state index contributed by atoms with van der Waals surface area (Å²) >= 11 is 3.20. The van der Waals surface area contributed by atoms with Crippen molar-refractivity contribution in [3.05, 3.63) is 94.8 Å². The summed E-state index contributed by atoms with van der Waals surface area (Å²) < 4.78 is 0. The first-order valence-corrected chi connectivity index (χ1v) is 12.8. The number of nitriles is 1. The maximum Gasteiger partial charge on any atom is 0.325 e. The number of hydrogen-bond acceptors (Lipinski definition) is 7. The van der Waals surface area contributed by atoms with Crippen molar-refractivity contribution in [2.45, 2.75) is 23.0 Å². The standard InChI is InChI=1S/C26H22N6OS2/c27-14-18-15-29-21-13-22(17-7-3-1-4-8-17)35-24(21)23(18)28-12-11-20-16-30-26(34-20)32-25(33)31-19-9-5-2-6-10-19/h1-10,15-16,22H,11-13H2,(H,28,29)(H2,30,31,32,33). The third kappa shape index (κ3) is 5.45. The molecule has 0 radical (unpaired) electrons. The lowest BCUT2D eigenvalue weighted by molar-refractivity contribution is 0.262. The zero-order valence-electron chi connectivity index (χ0n) is 18.7. The van der Waals surface area contributed by atoms with Crippen LogP contribution < -0.4 is 16.0 Å². The Bertz CT molecular complexity index is 1370. The highest BCUT2D eigenvalue weighted by atomic mass is 32.2. The summed E-state index contributed by atoms with van der Waals surface area (Å²) in [6.45, 7) is 0.638. The van der Waals surface area contributed by atoms with E-state index in [2.05, 4.69) is 56.3 Å². The average Bonchev–Trinajstić information content (AvgIpc) is 3.52. The largest absolute Gasteiger partial charge is 0.383 e. The molecule has 4 aromatic rings. The molecule has 1 aliphatic rings. The molecule has 0 fully saturated rings. The zero-order chi connectivity index (χ0) is 24.0. The number of hydrogen-bond donors (Lipinski definition) is 3. The van der Waals surface area contributed by atoms with Gasteiger partial charge in [-0.15, -0.1) is 23.1 Å². The van der Waals surface area contributed by atoms with E-state index in [0.29, 0.717) is 28.9 Å². The molecule has 0 saturated heterocycles. The molecule has 3 N–H and O–H groups in total. The van der Waals surface area contributed by atoms with Gasteiger partial charge in [0.15, 0.2) is 5.13 Å². The Morgan fingerprint density at radius 2 is 1.80 bits per heavy atom. The topological polar surface area (TPSA) is 103 Å². The molecule has 0 aliphatic carbocycles. The number of para-hydroxylation sites is 1. The summed E-state index contributed by atoms with van der Waals surface area (Å²) in [5.74, 6) is 0. The van der Waals surface area contributed by atoms with Crippen LogP contribution in [0.4, 0.5) is 21.3 Å². The molecule has 3 heterocycles. The number of nitrogens with zero attached hydrogens (tertiary/aromatic N) is 3. The molecular formula is C26H22N6OS2. The van der Waals surface area contributed by atoms with Gasteiger partial charge in [-0.2, -0.15) is 5.26 Å². The molecule has 35 heavy (non-hydrogen) atoms. The molecule has 2 aromatic carbocycles. The molecule has 9 heteroatoms. The van der Waals surface area contributed by atoms with Gasteiger partial charge in [-0.25, -0.2) is 9.78 Å². The molecule has 1 unspecified atom stereocenters. The number of amides is 2. The number of pyridine rings is 1. The molecule has 0 bridgehead atoms. The first-order chi connectivity index (χ1) is 17.2. The lowest BCUT2D eigenvalue weighted by Crippen LogP contribution is -2.19. The number of rotatable bonds is 7. The third-order valence-electron chi connectivity index (χ3n) is 5.52. The van der Waals surface area contributed by atoms with E-state index >= 15 is 0 Å². The number of thioether (sulfide) groups is 1. The van der Waals surface area contributed by atoms with Crippen molar-refractivity contribution in [3.8, 4) is 6.07 Å². The third-order valence-corrected chi connectivity index (χ3v) is 7.89. The zero-order valence-corrected chi connectivity index (χ0v) is 20.3. The lowest BCUT2D eigenvalue weighted by Gasteiger charge is -2.12. The fraction of sp³-hybridized carbons (Fsp3) is 0.154. The van der Waals surface area contributed by atoms with Crippen molar-refractivity contribution in [2.75, 3.05) is 22.5 Å². The highest BCUT2D eigenvalue weighted by Gasteiger charge is 2.28. The van der Waals surface area contributed by atoms with Gasteiger partial charge >= 0.3 is 6.03 Å². The van der Waals surface area contributed by atoms with Crippen LogP contribution in [0.25, 0.3) is 0 Å². The smallest absolute Gasteiger partial charge is 0.325 e. The van der Waals surface area contributed by atoms with Gasteiger partial charge in [-0.05, 0) is 17.7 Å². The summed E-state index contributed by atoms with van der Waals surface area (Å²) in [7, 11) is 0. The van der Waals surface area contributed by atoms with E-state index in [9.17, 15) is 10.1 Å². The summed E-state index contributed by atoms with van der Waals surface area (Å²) in [6.07, 6.45) is 5.00. The van der Waals surface area contributed by atoms with Gasteiger partial charge in [-0.3, -0.25) is 10.3 Å². The van der Waals surface area contributed by atoms with Crippen LogP contribution in [0.15, 0.2) is 78.0 Å². The maximum atomic E-state index is 12.2. The van der Waals surface area contributed by atoms with E-state index in [-0.39, 0.29) is 6.03 Å². The van der Waals surface area contributed by atoms with Gasteiger partial charge in [0.1, 0.15) is 6.07 Å². The molecule has 174 valence electrons. The highest BCUT2D eigenvalue weighted by molar-refractivity contribution is 8.00. The number of nitrogens with one attached hydrogen (secondary N) is 3. The van der Waals surface area contributed by atoms with E-state index in [1.54, 1.807) is 24.2 Å². The van der Waals surface area contributed by atoms with Crippen LogP contribution in [0.3, 0.4) is 0 Å². The van der Waals surface area contributed by atoms with Gasteiger partial charge in [0.25, 0.3) is 0 Å². The number of thiazole rings is 1. The summed E-state index contributed by atoms with van der Waals surface area (Å²) in [4.78, 5) is 23.1. The molecule has 0 spiro atoms. The van der Waals surface area contributed by atoms with Gasteiger partial charge in [0.2, 0.25) is 0 Å². The Morgan fingerprint density at radius 1 is 1.03 bits per heavy atom. The average molecular weight is 499 g/mol. The molecule has 1 atom stereocenters. The fourth-order valence-corrected chi connectivity index (χ4v) is 6.05. The van der Waals surface area contributed by atoms with Crippen LogP contribution in [0, 0.1) is 11.3 Å². The number of urea groups is 1. The Kier molecular flexibility index (Phi) is 6.93. The van der Waals surface area contributed by atoms with E-state index in [4.69, 9.17) is 0 Å². The minimum absolute atomic E-state index is 0.297. The minimum atomic E-state index is -0.328. The van der Waals surface area contributed by atoms with Crippen LogP contribution in [-0.2, 0) is 12.8 Å². The van der Waals surface area contributed by atoms with Crippen molar-refractivity contribution in [3.63, 3.8) is 0 Å². The number of aromatic nitrogens is 2. The number of carbonyl (C=O) groups excluding carboxylic acids is 1. The normalized spacial score (nSPS) is 14.1. The quantitative estimate of drug-likeness (QED) is 0.285. The van der Waals surface area contributed by atoms with Crippen LogP contribution in [0.5, 0.6) is 0 Å². The second-order valence-corrected chi connectivity index (χ2v) is 10.2. The van der Waals surface area contributed by atoms with E-state index in [0.717, 1.165) is 33.3 Å². The minimum Gasteiger partial charge on any atom is -0.383 e. The van der Waals surface area contributed by atoms with Gasteiger partial charge in [-0.1, -0.05) is 48.5 Å². The fourth-order valence-electron chi connectivity index (χ4n) is 3.85. The monoisotopic (exact) mass is 498 g/mol. The van der Waals surface area contributed by atoms with Crippen molar-refractivity contribution >= 4 is 45.6 Å². The van der Waals surface area contributed by atoms with Crippen LogP contribution in [-0.4, -0.2) is 22.5 Å². The SMILES string of the molecule is N#Cc1cnc2c(c1NCCc1cnc(NC(=O)Nc3ccccc3)s1)SC(c1ccccc1)C2. The molecule has 2 aromatic heterocycles. The van der Waals surface area contributed by atoms with Crippen molar-refractivity contribution in [1.29, 1.82) is 5.26 Å². The Labute approximate surface area is 211 Å². The van der Waals surface area contributed by atoms with Gasteiger partial charge in [0.05, 0.1) is 21.8 Å². The van der Waals surface area contributed by atoms with Crippen molar-refractivity contribution < 1.29 is 4.79 Å². The predicted molar refractivity (Wildman–Crippen MR) is 141 cm³/mol. The molecule has 2 amide bonds. The Morgan fingerprint density at radius 3 is 2.57 bits per heavy atom. The van der Waals surface area contributed by atoms with Crippen molar-refractivity contribution in [1.82, 2.24) is 9.97 Å². The predicted octanol–water partition coefficient (Wildman–Crippen LogP) is 6.10. The summed E-state index contributed by atoms with van der Waals surface area (Å²) in [6, 6.07) is 21.6. The molecule has 1 aliphatic heterocycles. The first kappa shape index (κ1) is 22.9. The van der Waals surface area contributed by atoms with E-state index < -0.39 is 0 Å². The summed E-state index contributed by atoms with van der Waals surface area (Å²) in [5.41, 5.74) is 4.41. The van der Waals surface area contributed by atoms with Crippen molar-refractivity contribution in [2.24, 2.45) is 0 Å². The molecule has 5 rings (SSSR count). The number of benzene rings is 2. The summed E-state index contributed by atoms with van der Waals surface area (Å²) in [5, 5.41) is 19.5. The maximum absolute atomic E-state index is 12.2. The van der Waals surface area contributed by atoms with Crippen LogP contribution in [0.1, 0.15) is 26.9 Å². The molecule has 0 saturated carbocycles. The second kappa shape index (κ2) is 10.6. The lowest BCUT2D eigenvalue weighted by atomic mass is 10.1. The number of anilines is 3. The Balaban J connectivity index is 1.20. The molecule has 7 nitrogen and oxygen atoms in total. The second-order valence-electron chi connectivity index (χ2n) is 7.91. The van der Waals surface area contributed by atoms with E-state index in [1.165, 1.54) is 16.9 Å². The van der Waals surface area contributed by atoms with Crippen LogP contribution >= 0.6 is 23.1 Å². The van der Waals surface area contributed by atoms with Gasteiger partial charge < -0.3 is 10.6 Å². The highest BCUT2D eigenvalue weighted by Crippen LogP contribution is 2.49.